The van der Waals surface area contributed by atoms with Gasteiger partial charge in [0.1, 0.15) is 6.17 Å². The normalized spacial score (nSPS) is 16.2. The topological polar surface area (TPSA) is 70.7 Å². The lowest BCUT2D eigenvalue weighted by Gasteiger charge is -2.27. The highest BCUT2D eigenvalue weighted by molar-refractivity contribution is 7.12. The van der Waals surface area contributed by atoms with Gasteiger partial charge >= 0.3 is 0 Å². The van der Waals surface area contributed by atoms with Gasteiger partial charge in [-0.15, -0.1) is 11.3 Å². The molecule has 1 atom stereocenters. The standard InChI is InChI=1S/C19H23N3O3S/c23-17(15-5-2-1-3-6-15)18(21-19(24)16-7-4-14-26-16)20-8-9-22-10-12-25-13-11-22/h1-7,14,18,20H,8-13H2,(H,21,24)/t18-/m1/s1. The van der Waals surface area contributed by atoms with Crippen LogP contribution in [-0.2, 0) is 4.74 Å². The predicted molar refractivity (Wildman–Crippen MR) is 102 cm³/mol. The Labute approximate surface area is 157 Å². The summed E-state index contributed by atoms with van der Waals surface area (Å²) in [6.07, 6.45) is -0.756. The molecule has 1 aromatic heterocycles. The largest absolute Gasteiger partial charge is 0.379 e. The van der Waals surface area contributed by atoms with Crippen LogP contribution in [-0.4, -0.2) is 62.1 Å². The van der Waals surface area contributed by atoms with Crippen LogP contribution in [0.1, 0.15) is 20.0 Å². The van der Waals surface area contributed by atoms with Crippen molar-refractivity contribution in [2.24, 2.45) is 0 Å². The molecule has 0 aliphatic carbocycles. The Kier molecular flexibility index (Phi) is 6.90. The van der Waals surface area contributed by atoms with Gasteiger partial charge in [-0.05, 0) is 11.4 Å². The Morgan fingerprint density at radius 2 is 1.88 bits per heavy atom. The van der Waals surface area contributed by atoms with E-state index in [9.17, 15) is 9.59 Å². The van der Waals surface area contributed by atoms with Crippen molar-refractivity contribution in [2.75, 3.05) is 39.4 Å². The van der Waals surface area contributed by atoms with Crippen LogP contribution in [0, 0.1) is 0 Å². The average molecular weight is 373 g/mol. The minimum Gasteiger partial charge on any atom is -0.379 e. The van der Waals surface area contributed by atoms with Gasteiger partial charge < -0.3 is 10.1 Å². The molecule has 2 N–H and O–H groups in total. The summed E-state index contributed by atoms with van der Waals surface area (Å²) >= 11 is 1.35. The number of amides is 1. The highest BCUT2D eigenvalue weighted by Gasteiger charge is 2.23. The average Bonchev–Trinajstić information content (AvgIpc) is 3.23. The molecule has 1 aliphatic rings. The molecule has 3 rings (SSSR count). The van der Waals surface area contributed by atoms with Crippen LogP contribution >= 0.6 is 11.3 Å². The van der Waals surface area contributed by atoms with E-state index >= 15 is 0 Å². The Morgan fingerprint density at radius 3 is 2.58 bits per heavy atom. The lowest BCUT2D eigenvalue weighted by atomic mass is 10.1. The van der Waals surface area contributed by atoms with Crippen LogP contribution in [0.2, 0.25) is 0 Å². The number of nitrogens with one attached hydrogen (secondary N) is 2. The van der Waals surface area contributed by atoms with Gasteiger partial charge in [0.05, 0.1) is 18.1 Å². The van der Waals surface area contributed by atoms with Crippen molar-refractivity contribution in [2.45, 2.75) is 6.17 Å². The molecule has 2 aromatic rings. The van der Waals surface area contributed by atoms with Crippen molar-refractivity contribution in [1.29, 1.82) is 0 Å². The number of ketones is 1. The third kappa shape index (κ3) is 5.22. The van der Waals surface area contributed by atoms with Crippen molar-refractivity contribution in [3.63, 3.8) is 0 Å². The summed E-state index contributed by atoms with van der Waals surface area (Å²) in [4.78, 5) is 28.1. The zero-order chi connectivity index (χ0) is 18.2. The van der Waals surface area contributed by atoms with E-state index in [0.717, 1.165) is 32.8 Å². The molecule has 0 bridgehead atoms. The van der Waals surface area contributed by atoms with Gasteiger partial charge in [0, 0.05) is 31.7 Å². The fourth-order valence-electron chi connectivity index (χ4n) is 2.78. The van der Waals surface area contributed by atoms with Crippen molar-refractivity contribution in [1.82, 2.24) is 15.5 Å². The Morgan fingerprint density at radius 1 is 1.12 bits per heavy atom. The summed E-state index contributed by atoms with van der Waals surface area (Å²) < 4.78 is 5.35. The van der Waals surface area contributed by atoms with Crippen LogP contribution in [0.25, 0.3) is 0 Å². The molecule has 0 saturated carbocycles. The number of carbonyl (C=O) groups is 2. The maximum absolute atomic E-state index is 12.8. The first kappa shape index (κ1) is 18.7. The number of thiophene rings is 1. The molecule has 1 fully saturated rings. The number of hydrogen-bond donors (Lipinski definition) is 2. The lowest BCUT2D eigenvalue weighted by Crippen LogP contribution is -2.52. The number of morpholine rings is 1. The summed E-state index contributed by atoms with van der Waals surface area (Å²) in [7, 11) is 0. The van der Waals surface area contributed by atoms with Gasteiger partial charge in [-0.25, -0.2) is 0 Å². The Bertz CT molecular complexity index is 700. The summed E-state index contributed by atoms with van der Waals surface area (Å²) in [6.45, 7) is 4.66. The summed E-state index contributed by atoms with van der Waals surface area (Å²) in [5.41, 5.74) is 0.572. The van der Waals surface area contributed by atoms with Gasteiger partial charge in [-0.1, -0.05) is 36.4 Å². The van der Waals surface area contributed by atoms with Crippen LogP contribution in [0.5, 0.6) is 0 Å². The van der Waals surface area contributed by atoms with Crippen LogP contribution in [0.3, 0.4) is 0 Å². The zero-order valence-corrected chi connectivity index (χ0v) is 15.3. The van der Waals surface area contributed by atoms with Crippen molar-refractivity contribution in [3.8, 4) is 0 Å². The minimum absolute atomic E-state index is 0.141. The molecule has 138 valence electrons. The van der Waals surface area contributed by atoms with Crippen molar-refractivity contribution in [3.05, 3.63) is 58.3 Å². The van der Waals surface area contributed by atoms with E-state index in [4.69, 9.17) is 4.74 Å². The molecular weight excluding hydrogens is 350 g/mol. The maximum atomic E-state index is 12.8. The second-order valence-electron chi connectivity index (χ2n) is 6.02. The molecule has 1 aliphatic heterocycles. The first-order valence-electron chi connectivity index (χ1n) is 8.71. The lowest BCUT2D eigenvalue weighted by molar-refractivity contribution is 0.0379. The third-order valence-corrected chi connectivity index (χ3v) is 5.09. The van der Waals surface area contributed by atoms with Crippen LogP contribution in [0.15, 0.2) is 47.8 Å². The van der Waals surface area contributed by atoms with E-state index in [1.54, 1.807) is 18.2 Å². The monoisotopic (exact) mass is 373 g/mol. The number of nitrogens with zero attached hydrogens (tertiary/aromatic N) is 1. The second kappa shape index (κ2) is 9.59. The number of Topliss-reactive ketones (excluding diaryl/α,β-unsaturated/α-hetero) is 1. The van der Waals surface area contributed by atoms with E-state index in [0.29, 0.717) is 17.0 Å². The first-order chi connectivity index (χ1) is 12.7. The molecule has 1 saturated heterocycles. The molecule has 2 heterocycles. The second-order valence-corrected chi connectivity index (χ2v) is 6.97. The van der Waals surface area contributed by atoms with Crippen LogP contribution < -0.4 is 10.6 Å². The van der Waals surface area contributed by atoms with Gasteiger partial charge in [0.25, 0.3) is 5.91 Å². The minimum atomic E-state index is -0.756. The number of benzene rings is 1. The molecule has 26 heavy (non-hydrogen) atoms. The number of carbonyl (C=O) groups excluding carboxylic acids is 2. The molecule has 0 spiro atoms. The molecule has 7 heteroatoms. The van der Waals surface area contributed by atoms with Gasteiger partial charge in [0.2, 0.25) is 0 Å². The SMILES string of the molecule is O=C(N[C@@H](NCCN1CCOCC1)C(=O)c1ccccc1)c1cccs1. The third-order valence-electron chi connectivity index (χ3n) is 4.22. The molecule has 6 nitrogen and oxygen atoms in total. The molecule has 1 aromatic carbocycles. The number of hydrogen-bond acceptors (Lipinski definition) is 6. The van der Waals surface area contributed by atoms with E-state index in [1.165, 1.54) is 11.3 Å². The van der Waals surface area contributed by atoms with E-state index in [1.807, 2.05) is 29.6 Å². The maximum Gasteiger partial charge on any atom is 0.262 e. The highest BCUT2D eigenvalue weighted by atomic mass is 32.1. The fraction of sp³-hybridized carbons (Fsp3) is 0.368. The molecule has 1 amide bonds. The smallest absolute Gasteiger partial charge is 0.262 e. The Balaban J connectivity index is 1.62. The van der Waals surface area contributed by atoms with E-state index in [-0.39, 0.29) is 11.7 Å². The molecule has 0 radical (unpaired) electrons. The number of rotatable bonds is 8. The van der Waals surface area contributed by atoms with Gasteiger partial charge in [-0.2, -0.15) is 0 Å². The van der Waals surface area contributed by atoms with Crippen molar-refractivity contribution >= 4 is 23.0 Å². The van der Waals surface area contributed by atoms with E-state index in [2.05, 4.69) is 15.5 Å². The molecule has 0 unspecified atom stereocenters. The summed E-state index contributed by atoms with van der Waals surface area (Å²) in [5.74, 6) is -0.384. The Hall–Kier alpha value is -2.06. The van der Waals surface area contributed by atoms with Crippen molar-refractivity contribution < 1.29 is 14.3 Å². The van der Waals surface area contributed by atoms with E-state index < -0.39 is 6.17 Å². The first-order valence-corrected chi connectivity index (χ1v) is 9.59. The predicted octanol–water partition coefficient (Wildman–Crippen LogP) is 1.61. The summed E-state index contributed by atoms with van der Waals surface area (Å²) in [6, 6.07) is 12.6. The summed E-state index contributed by atoms with van der Waals surface area (Å²) in [5, 5.41) is 7.86. The molecular formula is C19H23N3O3S. The highest BCUT2D eigenvalue weighted by Crippen LogP contribution is 2.09. The number of ether oxygens (including phenoxy) is 1. The quantitative estimate of drug-likeness (QED) is 0.543. The van der Waals surface area contributed by atoms with Gasteiger partial charge in [0.15, 0.2) is 5.78 Å². The fourth-order valence-corrected chi connectivity index (χ4v) is 3.41. The van der Waals surface area contributed by atoms with Gasteiger partial charge in [-0.3, -0.25) is 19.8 Å². The van der Waals surface area contributed by atoms with Crippen LogP contribution in [0.4, 0.5) is 0 Å². The zero-order valence-electron chi connectivity index (χ0n) is 14.5.